The summed E-state index contributed by atoms with van der Waals surface area (Å²) in [5.74, 6) is 1.11. The molecular weight excluding hydrogens is 360 g/mol. The maximum Gasteiger partial charge on any atom is 0.146 e. The molecule has 2 rings (SSSR count). The van der Waals surface area contributed by atoms with Crippen molar-refractivity contribution in [3.05, 3.63) is 45.1 Å². The smallest absolute Gasteiger partial charge is 0.146 e. The maximum absolute atomic E-state index is 5.71. The van der Waals surface area contributed by atoms with Gasteiger partial charge in [-0.15, -0.1) is 0 Å². The van der Waals surface area contributed by atoms with Gasteiger partial charge in [-0.3, -0.25) is 0 Å². The minimum absolute atomic E-state index is 0.119. The molecule has 1 aromatic heterocycles. The molecule has 4 nitrogen and oxygen atoms in total. The number of nitrogens with two attached hydrogens (primary N) is 1. The number of nitrogen functional groups attached to an aromatic ring is 1. The minimum atomic E-state index is 0.119. The molecule has 1 unspecified atom stereocenters. The molecule has 0 saturated carbocycles. The van der Waals surface area contributed by atoms with Crippen molar-refractivity contribution in [1.82, 2.24) is 9.97 Å². The van der Waals surface area contributed by atoms with E-state index in [-0.39, 0.29) is 6.04 Å². The van der Waals surface area contributed by atoms with E-state index in [0.29, 0.717) is 16.1 Å². The van der Waals surface area contributed by atoms with Gasteiger partial charge < -0.3 is 11.1 Å². The van der Waals surface area contributed by atoms with E-state index in [1.54, 1.807) is 0 Å². The summed E-state index contributed by atoms with van der Waals surface area (Å²) in [5.41, 5.74) is 6.87. The molecule has 1 heterocycles. The van der Waals surface area contributed by atoms with Crippen LogP contribution in [0.15, 0.2) is 39.5 Å². The standard InChI is InChI=1S/C12H12Br2N4/c1-7(8-3-2-4-9(13)5-8)18-12-10(14)11(15)16-6-17-12/h2-7H,1H3,(H3,15,16,17,18). The summed E-state index contributed by atoms with van der Waals surface area (Å²) in [6, 6.07) is 8.24. The van der Waals surface area contributed by atoms with Gasteiger partial charge in [-0.25, -0.2) is 9.97 Å². The Kier molecular flexibility index (Phi) is 4.19. The van der Waals surface area contributed by atoms with Crippen LogP contribution in [0.5, 0.6) is 0 Å². The Bertz CT molecular complexity index is 560. The van der Waals surface area contributed by atoms with Gasteiger partial charge in [-0.2, -0.15) is 0 Å². The average molecular weight is 372 g/mol. The number of anilines is 2. The summed E-state index contributed by atoms with van der Waals surface area (Å²) in [5, 5.41) is 3.30. The molecule has 1 atom stereocenters. The lowest BCUT2D eigenvalue weighted by Gasteiger charge is -2.16. The lowest BCUT2D eigenvalue weighted by molar-refractivity contribution is 0.869. The zero-order valence-corrected chi connectivity index (χ0v) is 12.9. The van der Waals surface area contributed by atoms with Crippen LogP contribution in [0.25, 0.3) is 0 Å². The Morgan fingerprint density at radius 1 is 1.28 bits per heavy atom. The molecule has 0 saturated heterocycles. The number of benzene rings is 1. The SMILES string of the molecule is CC(Nc1ncnc(N)c1Br)c1cccc(Br)c1. The molecule has 3 N–H and O–H groups in total. The van der Waals surface area contributed by atoms with Crippen molar-refractivity contribution in [2.24, 2.45) is 0 Å². The van der Waals surface area contributed by atoms with Crippen molar-refractivity contribution in [1.29, 1.82) is 0 Å². The van der Waals surface area contributed by atoms with E-state index in [9.17, 15) is 0 Å². The highest BCUT2D eigenvalue weighted by Gasteiger charge is 2.10. The zero-order chi connectivity index (χ0) is 13.1. The number of aromatic nitrogens is 2. The lowest BCUT2D eigenvalue weighted by atomic mass is 10.1. The van der Waals surface area contributed by atoms with Crippen molar-refractivity contribution in [2.75, 3.05) is 11.1 Å². The Morgan fingerprint density at radius 2 is 2.06 bits per heavy atom. The topological polar surface area (TPSA) is 63.8 Å². The van der Waals surface area contributed by atoms with Gasteiger partial charge in [0.25, 0.3) is 0 Å². The fraction of sp³-hybridized carbons (Fsp3) is 0.167. The van der Waals surface area contributed by atoms with Gasteiger partial charge in [0.05, 0.1) is 6.04 Å². The fourth-order valence-electron chi connectivity index (χ4n) is 1.55. The summed E-state index contributed by atoms with van der Waals surface area (Å²) < 4.78 is 1.74. The highest BCUT2D eigenvalue weighted by Crippen LogP contribution is 2.28. The molecule has 1 aromatic carbocycles. The third kappa shape index (κ3) is 3.00. The first-order valence-corrected chi connectivity index (χ1v) is 6.94. The molecule has 0 amide bonds. The summed E-state index contributed by atoms with van der Waals surface area (Å²) in [6.07, 6.45) is 1.44. The molecule has 0 fully saturated rings. The summed E-state index contributed by atoms with van der Waals surface area (Å²) >= 11 is 6.83. The summed E-state index contributed by atoms with van der Waals surface area (Å²) in [7, 11) is 0. The lowest BCUT2D eigenvalue weighted by Crippen LogP contribution is -2.09. The molecule has 6 heteroatoms. The van der Waals surface area contributed by atoms with E-state index in [1.165, 1.54) is 6.33 Å². The molecule has 18 heavy (non-hydrogen) atoms. The predicted octanol–water partition coefficient (Wildman–Crippen LogP) is 3.76. The molecule has 0 aliphatic rings. The van der Waals surface area contributed by atoms with Crippen LogP contribution < -0.4 is 11.1 Å². The van der Waals surface area contributed by atoms with Gasteiger partial charge in [-0.1, -0.05) is 28.1 Å². The van der Waals surface area contributed by atoms with Gasteiger partial charge in [-0.05, 0) is 40.5 Å². The van der Waals surface area contributed by atoms with E-state index in [1.807, 2.05) is 12.1 Å². The van der Waals surface area contributed by atoms with Crippen LogP contribution in [0.4, 0.5) is 11.6 Å². The average Bonchev–Trinajstić information content (AvgIpc) is 2.35. The van der Waals surface area contributed by atoms with Crippen molar-refractivity contribution in [2.45, 2.75) is 13.0 Å². The van der Waals surface area contributed by atoms with Crippen LogP contribution >= 0.6 is 31.9 Å². The number of hydrogen-bond donors (Lipinski definition) is 2. The summed E-state index contributed by atoms with van der Waals surface area (Å²) in [6.45, 7) is 2.06. The van der Waals surface area contributed by atoms with Crippen LogP contribution in [0, 0.1) is 0 Å². The monoisotopic (exact) mass is 370 g/mol. The van der Waals surface area contributed by atoms with Crippen LogP contribution in [0.3, 0.4) is 0 Å². The second-order valence-corrected chi connectivity index (χ2v) is 5.55. The molecule has 0 spiro atoms. The Balaban J connectivity index is 2.21. The Morgan fingerprint density at radius 3 is 2.78 bits per heavy atom. The Labute approximate surface area is 122 Å². The van der Waals surface area contributed by atoms with E-state index < -0.39 is 0 Å². The van der Waals surface area contributed by atoms with Gasteiger partial charge >= 0.3 is 0 Å². The highest BCUT2D eigenvalue weighted by molar-refractivity contribution is 9.11. The molecule has 2 aromatic rings. The van der Waals surface area contributed by atoms with E-state index in [4.69, 9.17) is 5.73 Å². The van der Waals surface area contributed by atoms with E-state index in [2.05, 4.69) is 66.2 Å². The number of nitrogens with zero attached hydrogens (tertiary/aromatic N) is 2. The predicted molar refractivity (Wildman–Crippen MR) is 80.3 cm³/mol. The van der Waals surface area contributed by atoms with Gasteiger partial charge in [0.15, 0.2) is 0 Å². The van der Waals surface area contributed by atoms with Crippen molar-refractivity contribution in [3.63, 3.8) is 0 Å². The van der Waals surface area contributed by atoms with Crippen LogP contribution in [-0.2, 0) is 0 Å². The quantitative estimate of drug-likeness (QED) is 0.862. The zero-order valence-electron chi connectivity index (χ0n) is 9.69. The van der Waals surface area contributed by atoms with Crippen LogP contribution in [0.1, 0.15) is 18.5 Å². The Hall–Kier alpha value is -1.14. The first-order chi connectivity index (χ1) is 8.58. The molecular formula is C12H12Br2N4. The second-order valence-electron chi connectivity index (χ2n) is 3.84. The second kappa shape index (κ2) is 5.67. The molecule has 0 bridgehead atoms. The fourth-order valence-corrected chi connectivity index (χ4v) is 2.28. The third-order valence-corrected chi connectivity index (χ3v) is 3.79. The molecule has 94 valence electrons. The van der Waals surface area contributed by atoms with Crippen LogP contribution in [-0.4, -0.2) is 9.97 Å². The summed E-state index contributed by atoms with van der Waals surface area (Å²) in [4.78, 5) is 8.07. The highest BCUT2D eigenvalue weighted by atomic mass is 79.9. The normalized spacial score (nSPS) is 12.2. The number of rotatable bonds is 3. The van der Waals surface area contributed by atoms with Gasteiger partial charge in [0.1, 0.15) is 22.4 Å². The van der Waals surface area contributed by atoms with Crippen LogP contribution in [0.2, 0.25) is 0 Å². The number of halogens is 2. The molecule has 0 radical (unpaired) electrons. The number of hydrogen-bond acceptors (Lipinski definition) is 4. The van der Waals surface area contributed by atoms with Gasteiger partial charge in [0, 0.05) is 4.47 Å². The van der Waals surface area contributed by atoms with Crippen molar-refractivity contribution in [3.8, 4) is 0 Å². The number of nitrogens with one attached hydrogen (secondary N) is 1. The van der Waals surface area contributed by atoms with E-state index >= 15 is 0 Å². The first-order valence-electron chi connectivity index (χ1n) is 5.36. The van der Waals surface area contributed by atoms with Crippen molar-refractivity contribution >= 4 is 43.5 Å². The molecule has 0 aliphatic carbocycles. The van der Waals surface area contributed by atoms with Gasteiger partial charge in [0.2, 0.25) is 0 Å². The van der Waals surface area contributed by atoms with E-state index in [0.717, 1.165) is 10.0 Å². The first kappa shape index (κ1) is 13.3. The molecule has 0 aliphatic heterocycles. The minimum Gasteiger partial charge on any atom is -0.383 e. The van der Waals surface area contributed by atoms with Crippen molar-refractivity contribution < 1.29 is 0 Å². The maximum atomic E-state index is 5.71. The third-order valence-electron chi connectivity index (χ3n) is 2.52. The largest absolute Gasteiger partial charge is 0.383 e.